The minimum absolute atomic E-state index is 0.0627. The number of rotatable bonds is 10. The SMILES string of the molecule is CC[C@@H]1NC(=O)[C@H](C(C)C)NC(=O)[C@@H]2CCCN2C(=O)[C@H](C(C)C)N(C)C(=O)[C@H](CC(C)C)N(C)C(=O)[C@H](C)N(C)C(=O)[C@H](C(C)C)OC(=O)C([C@@H](C)CC)N(C)C(=O)[C@H](CC(C)C)NC(=O)[C@@H]1C. The van der Waals surface area contributed by atoms with Crippen LogP contribution < -0.4 is 16.0 Å². The molecular formula is C51H90N8O10. The smallest absolute Gasteiger partial charge is 0.329 e. The number of fused-ring (bicyclic) bond motifs is 1. The van der Waals surface area contributed by atoms with Crippen LogP contribution >= 0.6 is 0 Å². The highest BCUT2D eigenvalue weighted by atomic mass is 16.6. The summed E-state index contributed by atoms with van der Waals surface area (Å²) in [5.41, 5.74) is 0. The Labute approximate surface area is 413 Å². The molecule has 2 aliphatic rings. The number of esters is 1. The lowest BCUT2D eigenvalue weighted by atomic mass is 9.94. The molecule has 0 saturated carbocycles. The number of hydrogen-bond donors (Lipinski definition) is 3. The highest BCUT2D eigenvalue weighted by Gasteiger charge is 2.46. The molecule has 394 valence electrons. The van der Waals surface area contributed by atoms with Gasteiger partial charge in [0.15, 0.2) is 6.10 Å². The van der Waals surface area contributed by atoms with Crippen LogP contribution in [0.15, 0.2) is 0 Å². The first-order valence-electron chi connectivity index (χ1n) is 25.4. The van der Waals surface area contributed by atoms with Gasteiger partial charge in [-0.3, -0.25) is 38.4 Å². The Kier molecular flexibility index (Phi) is 23.1. The normalized spacial score (nSPS) is 29.4. The second-order valence-electron chi connectivity index (χ2n) is 21.7. The lowest BCUT2D eigenvalue weighted by molar-refractivity contribution is -0.172. The van der Waals surface area contributed by atoms with E-state index in [0.717, 1.165) is 0 Å². The Morgan fingerprint density at radius 1 is 0.580 bits per heavy atom. The summed E-state index contributed by atoms with van der Waals surface area (Å²) in [6.45, 7) is 27.1. The first-order valence-corrected chi connectivity index (χ1v) is 25.4. The van der Waals surface area contributed by atoms with Crippen molar-refractivity contribution in [1.29, 1.82) is 0 Å². The number of nitrogens with one attached hydrogen (secondary N) is 3. The molecule has 0 aromatic rings. The third-order valence-corrected chi connectivity index (χ3v) is 14.2. The molecule has 0 radical (unpaired) electrons. The molecule has 2 rings (SSSR count). The maximum absolute atomic E-state index is 14.7. The summed E-state index contributed by atoms with van der Waals surface area (Å²) in [5, 5.41) is 8.78. The van der Waals surface area contributed by atoms with E-state index in [9.17, 15) is 43.2 Å². The number of cyclic esters (lactones) is 1. The maximum atomic E-state index is 14.7. The molecule has 2 aliphatic heterocycles. The molecule has 18 nitrogen and oxygen atoms in total. The fourth-order valence-electron chi connectivity index (χ4n) is 9.48. The first kappa shape index (κ1) is 60.4. The van der Waals surface area contributed by atoms with Crippen molar-refractivity contribution in [2.75, 3.05) is 34.7 Å². The molecule has 69 heavy (non-hydrogen) atoms. The third-order valence-electron chi connectivity index (χ3n) is 14.2. The van der Waals surface area contributed by atoms with Crippen molar-refractivity contribution in [3.8, 4) is 0 Å². The molecule has 0 aromatic heterocycles. The minimum atomic E-state index is -1.36. The van der Waals surface area contributed by atoms with E-state index in [0.29, 0.717) is 25.7 Å². The van der Waals surface area contributed by atoms with Gasteiger partial charge in [-0.05, 0) is 74.5 Å². The summed E-state index contributed by atoms with van der Waals surface area (Å²) in [7, 11) is 5.92. The Morgan fingerprint density at radius 2 is 1.14 bits per heavy atom. The number of ether oxygens (including phenoxy) is 1. The quantitative estimate of drug-likeness (QED) is 0.269. The van der Waals surface area contributed by atoms with E-state index >= 15 is 0 Å². The number of likely N-dealkylation sites (N-methyl/N-ethyl adjacent to an activating group) is 4. The number of amides is 8. The topological polar surface area (TPSA) is 215 Å². The molecule has 8 amide bonds. The van der Waals surface area contributed by atoms with E-state index in [-0.39, 0.29) is 31.2 Å². The lowest BCUT2D eigenvalue weighted by Gasteiger charge is -2.40. The van der Waals surface area contributed by atoms with Gasteiger partial charge >= 0.3 is 5.97 Å². The standard InChI is InChI=1S/C51H90N8O10/c1-20-32(13)41-51(68)69-42(31(11)12)50(67)55(16)34(15)46(63)56(17)38(26-28(5)6)48(65)57(18)40(30(9)10)49(66)59-24-22-23-37(59)44(61)54-39(29(7)8)45(62)52-35(21-2)33(14)43(60)53-36(25-27(3)4)47(64)58(41)19/h27-42H,20-26H2,1-19H3,(H,52,62)(H,53,60)(H,54,61)/t32-,33+,34-,35-,36-,37-,38-,39-,40-,41?,42-/m0/s1. The van der Waals surface area contributed by atoms with E-state index in [4.69, 9.17) is 4.74 Å². The predicted octanol–water partition coefficient (Wildman–Crippen LogP) is 3.84. The van der Waals surface area contributed by atoms with Gasteiger partial charge in [0.05, 0.1) is 5.92 Å². The maximum Gasteiger partial charge on any atom is 0.329 e. The third kappa shape index (κ3) is 15.1. The Hall–Kier alpha value is -4.77. The highest BCUT2D eigenvalue weighted by Crippen LogP contribution is 2.27. The molecule has 3 N–H and O–H groups in total. The van der Waals surface area contributed by atoms with Gasteiger partial charge in [-0.25, -0.2) is 4.79 Å². The van der Waals surface area contributed by atoms with Crippen LogP contribution in [-0.4, -0.2) is 167 Å². The van der Waals surface area contributed by atoms with Crippen LogP contribution in [0, 0.1) is 41.4 Å². The molecule has 1 unspecified atom stereocenters. The van der Waals surface area contributed by atoms with Gasteiger partial charge in [-0.2, -0.15) is 0 Å². The fourth-order valence-corrected chi connectivity index (χ4v) is 9.48. The largest absolute Gasteiger partial charge is 0.450 e. The van der Waals surface area contributed by atoms with Crippen LogP contribution in [0.25, 0.3) is 0 Å². The van der Waals surface area contributed by atoms with Gasteiger partial charge in [-0.15, -0.1) is 0 Å². The number of carbonyl (C=O) groups excluding carboxylic acids is 9. The zero-order chi connectivity index (χ0) is 53.1. The van der Waals surface area contributed by atoms with Gasteiger partial charge in [0.25, 0.3) is 5.91 Å². The van der Waals surface area contributed by atoms with Crippen molar-refractivity contribution in [2.24, 2.45) is 41.4 Å². The Bertz CT molecular complexity index is 1820. The average molecular weight is 975 g/mol. The Balaban J connectivity index is 2.85. The van der Waals surface area contributed by atoms with Gasteiger partial charge in [0.1, 0.15) is 42.3 Å². The van der Waals surface area contributed by atoms with Crippen LogP contribution in [-0.2, 0) is 47.9 Å². The number of hydrogen-bond acceptors (Lipinski definition) is 10. The summed E-state index contributed by atoms with van der Waals surface area (Å²) in [5.74, 6) is -7.84. The van der Waals surface area contributed by atoms with Crippen molar-refractivity contribution < 1.29 is 47.9 Å². The summed E-state index contributed by atoms with van der Waals surface area (Å²) in [6, 6.07) is -8.09. The molecule has 2 fully saturated rings. The van der Waals surface area contributed by atoms with Crippen LogP contribution in [0.3, 0.4) is 0 Å². The van der Waals surface area contributed by atoms with Gasteiger partial charge in [0, 0.05) is 40.8 Å². The molecule has 0 aliphatic carbocycles. The molecule has 2 saturated heterocycles. The highest BCUT2D eigenvalue weighted by molar-refractivity contribution is 5.98. The van der Waals surface area contributed by atoms with E-state index in [1.807, 2.05) is 55.4 Å². The summed E-state index contributed by atoms with van der Waals surface area (Å²) >= 11 is 0. The summed E-state index contributed by atoms with van der Waals surface area (Å²) in [4.78, 5) is 136. The minimum Gasteiger partial charge on any atom is -0.450 e. The van der Waals surface area contributed by atoms with Gasteiger partial charge in [-0.1, -0.05) is 103 Å². The second-order valence-corrected chi connectivity index (χ2v) is 21.7. The van der Waals surface area contributed by atoms with Crippen molar-refractivity contribution in [3.05, 3.63) is 0 Å². The van der Waals surface area contributed by atoms with E-state index in [1.54, 1.807) is 41.5 Å². The average Bonchev–Trinajstić information content (AvgIpc) is 3.78. The lowest BCUT2D eigenvalue weighted by Crippen LogP contribution is -2.61. The fraction of sp³-hybridized carbons (Fsp3) is 0.824. The number of nitrogens with zero attached hydrogens (tertiary/aromatic N) is 5. The van der Waals surface area contributed by atoms with E-state index in [2.05, 4.69) is 16.0 Å². The van der Waals surface area contributed by atoms with Crippen LogP contribution in [0.1, 0.15) is 142 Å². The molecular weight excluding hydrogens is 885 g/mol. The van der Waals surface area contributed by atoms with Crippen LogP contribution in [0.5, 0.6) is 0 Å². The van der Waals surface area contributed by atoms with E-state index < -0.39 is 137 Å². The van der Waals surface area contributed by atoms with Gasteiger partial charge in [0.2, 0.25) is 41.4 Å². The van der Waals surface area contributed by atoms with Crippen molar-refractivity contribution >= 4 is 53.2 Å². The predicted molar refractivity (Wildman–Crippen MR) is 265 cm³/mol. The first-order chi connectivity index (χ1) is 32.0. The molecule has 11 atom stereocenters. The Morgan fingerprint density at radius 3 is 1.64 bits per heavy atom. The molecule has 0 bridgehead atoms. The van der Waals surface area contributed by atoms with Crippen molar-refractivity contribution in [1.82, 2.24) is 40.4 Å². The van der Waals surface area contributed by atoms with Crippen LogP contribution in [0.4, 0.5) is 0 Å². The monoisotopic (exact) mass is 975 g/mol. The van der Waals surface area contributed by atoms with E-state index in [1.165, 1.54) is 59.6 Å². The van der Waals surface area contributed by atoms with Gasteiger partial charge < -0.3 is 45.2 Å². The molecule has 0 aromatic carbocycles. The zero-order valence-corrected chi connectivity index (χ0v) is 45.5. The van der Waals surface area contributed by atoms with Crippen LogP contribution in [0.2, 0.25) is 0 Å². The van der Waals surface area contributed by atoms with Crippen molar-refractivity contribution in [3.63, 3.8) is 0 Å². The molecule has 2 heterocycles. The summed E-state index contributed by atoms with van der Waals surface area (Å²) < 4.78 is 6.04. The molecule has 0 spiro atoms. The van der Waals surface area contributed by atoms with Crippen molar-refractivity contribution in [2.45, 2.75) is 197 Å². The second kappa shape index (κ2) is 26.4. The summed E-state index contributed by atoms with van der Waals surface area (Å²) in [6.07, 6.45) is 0.740. The zero-order valence-electron chi connectivity index (χ0n) is 45.5. The molecule has 18 heteroatoms. The number of carbonyl (C=O) groups is 9.